The van der Waals surface area contributed by atoms with E-state index in [1.165, 1.54) is 11.3 Å². The van der Waals surface area contributed by atoms with E-state index in [0.717, 1.165) is 21.1 Å². The normalized spacial score (nSPS) is 10.8. The van der Waals surface area contributed by atoms with E-state index in [1.54, 1.807) is 12.4 Å². The predicted octanol–water partition coefficient (Wildman–Crippen LogP) is 2.34. The summed E-state index contributed by atoms with van der Waals surface area (Å²) < 4.78 is 0. The molecule has 1 aromatic carbocycles. The molecular formula is C11H8N4S. The lowest BCUT2D eigenvalue weighted by atomic mass is 10.2. The van der Waals surface area contributed by atoms with Crippen LogP contribution in [-0.2, 0) is 0 Å². The second-order valence-electron chi connectivity index (χ2n) is 3.29. The lowest BCUT2D eigenvalue weighted by molar-refractivity contribution is 1.26. The van der Waals surface area contributed by atoms with Gasteiger partial charge in [-0.15, -0.1) is 0 Å². The Morgan fingerprint density at radius 3 is 2.69 bits per heavy atom. The molecule has 2 aromatic heterocycles. The number of para-hydroxylation sites is 1. The van der Waals surface area contributed by atoms with Crippen molar-refractivity contribution < 1.29 is 0 Å². The van der Waals surface area contributed by atoms with Crippen molar-refractivity contribution in [3.8, 4) is 10.6 Å². The van der Waals surface area contributed by atoms with Gasteiger partial charge in [-0.25, -0.2) is 15.0 Å². The Labute approximate surface area is 95.8 Å². The molecule has 2 heterocycles. The molecule has 0 atom stereocenters. The summed E-state index contributed by atoms with van der Waals surface area (Å²) in [5, 5.41) is 0.860. The molecule has 0 aliphatic carbocycles. The van der Waals surface area contributed by atoms with Gasteiger partial charge in [-0.05, 0) is 12.1 Å². The highest BCUT2D eigenvalue weighted by Gasteiger charge is 2.09. The minimum Gasteiger partial charge on any atom is -0.398 e. The number of anilines is 1. The smallest absolute Gasteiger partial charge is 0.190 e. The quantitative estimate of drug-likeness (QED) is 0.649. The number of fused-ring (bicyclic) bond motifs is 1. The van der Waals surface area contributed by atoms with Gasteiger partial charge in [-0.3, -0.25) is 0 Å². The molecule has 16 heavy (non-hydrogen) atoms. The summed E-state index contributed by atoms with van der Waals surface area (Å²) in [5.41, 5.74) is 8.23. The van der Waals surface area contributed by atoms with Crippen molar-refractivity contribution in [2.75, 3.05) is 5.73 Å². The monoisotopic (exact) mass is 228 g/mol. The van der Waals surface area contributed by atoms with Gasteiger partial charge in [-0.2, -0.15) is 0 Å². The molecule has 0 aliphatic heterocycles. The second kappa shape index (κ2) is 3.53. The van der Waals surface area contributed by atoms with E-state index in [1.807, 2.05) is 24.3 Å². The largest absolute Gasteiger partial charge is 0.398 e. The molecule has 0 unspecified atom stereocenters. The minimum absolute atomic E-state index is 0.672. The van der Waals surface area contributed by atoms with Gasteiger partial charge in [-0.1, -0.05) is 23.5 Å². The second-order valence-corrected chi connectivity index (χ2v) is 4.27. The Hall–Kier alpha value is -2.01. The number of rotatable bonds is 1. The Morgan fingerprint density at radius 1 is 1.06 bits per heavy atom. The maximum atomic E-state index is 5.90. The molecular weight excluding hydrogens is 220 g/mol. The molecule has 0 amide bonds. The van der Waals surface area contributed by atoms with Gasteiger partial charge in [0.25, 0.3) is 0 Å². The lowest BCUT2D eigenvalue weighted by Gasteiger charge is -1.99. The van der Waals surface area contributed by atoms with Crippen LogP contribution in [0.1, 0.15) is 0 Å². The SMILES string of the molecule is Nc1ccccc1-c1nc2nccnc2s1. The molecule has 0 spiro atoms. The third kappa shape index (κ3) is 1.42. The number of hydrogen-bond acceptors (Lipinski definition) is 5. The van der Waals surface area contributed by atoms with Crippen LogP contribution in [0.15, 0.2) is 36.7 Å². The van der Waals surface area contributed by atoms with Crippen molar-refractivity contribution in [3.63, 3.8) is 0 Å². The van der Waals surface area contributed by atoms with Crippen molar-refractivity contribution in [1.29, 1.82) is 0 Å². The van der Waals surface area contributed by atoms with Crippen molar-refractivity contribution in [2.24, 2.45) is 0 Å². The summed E-state index contributed by atoms with van der Waals surface area (Å²) in [5.74, 6) is 0. The van der Waals surface area contributed by atoms with Gasteiger partial charge < -0.3 is 5.73 Å². The van der Waals surface area contributed by atoms with Crippen LogP contribution in [-0.4, -0.2) is 15.0 Å². The Morgan fingerprint density at radius 2 is 1.88 bits per heavy atom. The number of benzene rings is 1. The third-order valence-corrected chi connectivity index (χ3v) is 3.22. The van der Waals surface area contributed by atoms with E-state index in [2.05, 4.69) is 15.0 Å². The summed E-state index contributed by atoms with van der Waals surface area (Å²) in [7, 11) is 0. The number of nitrogens with two attached hydrogens (primary N) is 1. The number of aromatic nitrogens is 3. The summed E-state index contributed by atoms with van der Waals surface area (Å²) in [6.07, 6.45) is 3.30. The molecule has 0 radical (unpaired) electrons. The maximum absolute atomic E-state index is 5.90. The maximum Gasteiger partial charge on any atom is 0.190 e. The first-order valence-corrected chi connectivity index (χ1v) is 5.58. The first-order chi connectivity index (χ1) is 7.84. The van der Waals surface area contributed by atoms with Crippen LogP contribution in [0.3, 0.4) is 0 Å². The average molecular weight is 228 g/mol. The highest BCUT2D eigenvalue weighted by molar-refractivity contribution is 7.21. The average Bonchev–Trinajstić information content (AvgIpc) is 2.73. The molecule has 2 N–H and O–H groups in total. The van der Waals surface area contributed by atoms with Gasteiger partial charge in [0, 0.05) is 23.6 Å². The van der Waals surface area contributed by atoms with Crippen LogP contribution in [0.25, 0.3) is 21.0 Å². The van der Waals surface area contributed by atoms with Crippen LogP contribution >= 0.6 is 11.3 Å². The van der Waals surface area contributed by atoms with Gasteiger partial charge >= 0.3 is 0 Å². The molecule has 3 aromatic rings. The zero-order valence-electron chi connectivity index (χ0n) is 8.29. The molecule has 78 valence electrons. The molecule has 5 heteroatoms. The first kappa shape index (κ1) is 9.23. The molecule has 0 aliphatic rings. The van der Waals surface area contributed by atoms with Gasteiger partial charge in [0.2, 0.25) is 0 Å². The Kier molecular flexibility index (Phi) is 2.04. The van der Waals surface area contributed by atoms with Crippen LogP contribution in [0.4, 0.5) is 5.69 Å². The molecule has 0 saturated carbocycles. The fourth-order valence-corrected chi connectivity index (χ4v) is 2.40. The zero-order valence-corrected chi connectivity index (χ0v) is 9.11. The van der Waals surface area contributed by atoms with Crippen LogP contribution < -0.4 is 5.73 Å². The highest BCUT2D eigenvalue weighted by Crippen LogP contribution is 2.31. The first-order valence-electron chi connectivity index (χ1n) is 4.77. The number of thiazole rings is 1. The van der Waals surface area contributed by atoms with Crippen molar-refractivity contribution >= 4 is 27.5 Å². The topological polar surface area (TPSA) is 64.7 Å². The van der Waals surface area contributed by atoms with Crippen molar-refractivity contribution in [3.05, 3.63) is 36.7 Å². The Balaban J connectivity index is 2.23. The molecule has 3 rings (SSSR count). The number of nitrogens with zero attached hydrogens (tertiary/aromatic N) is 3. The van der Waals surface area contributed by atoms with E-state index in [0.29, 0.717) is 5.65 Å². The molecule has 0 bridgehead atoms. The number of hydrogen-bond donors (Lipinski definition) is 1. The molecule has 0 saturated heterocycles. The van der Waals surface area contributed by atoms with Crippen molar-refractivity contribution in [1.82, 2.24) is 15.0 Å². The summed E-state index contributed by atoms with van der Waals surface area (Å²) >= 11 is 1.50. The van der Waals surface area contributed by atoms with E-state index < -0.39 is 0 Å². The fourth-order valence-electron chi connectivity index (χ4n) is 1.48. The minimum atomic E-state index is 0.672. The van der Waals surface area contributed by atoms with Crippen molar-refractivity contribution in [2.45, 2.75) is 0 Å². The summed E-state index contributed by atoms with van der Waals surface area (Å²) in [4.78, 5) is 13.6. The standard InChI is InChI=1S/C11H8N4S/c12-8-4-2-1-3-7(8)10-15-9-11(16-10)14-6-5-13-9/h1-6H,12H2. The van der Waals surface area contributed by atoms with E-state index in [9.17, 15) is 0 Å². The fraction of sp³-hybridized carbons (Fsp3) is 0. The zero-order chi connectivity index (χ0) is 11.0. The highest BCUT2D eigenvalue weighted by atomic mass is 32.1. The van der Waals surface area contributed by atoms with E-state index in [4.69, 9.17) is 5.73 Å². The van der Waals surface area contributed by atoms with Gasteiger partial charge in [0.1, 0.15) is 5.01 Å². The molecule has 0 fully saturated rings. The summed E-state index contributed by atoms with van der Waals surface area (Å²) in [6, 6.07) is 7.66. The summed E-state index contributed by atoms with van der Waals surface area (Å²) in [6.45, 7) is 0. The van der Waals surface area contributed by atoms with Gasteiger partial charge in [0.05, 0.1) is 0 Å². The van der Waals surface area contributed by atoms with Crippen LogP contribution in [0.5, 0.6) is 0 Å². The molecule has 4 nitrogen and oxygen atoms in total. The lowest BCUT2D eigenvalue weighted by Crippen LogP contribution is -1.88. The van der Waals surface area contributed by atoms with Crippen LogP contribution in [0.2, 0.25) is 0 Å². The number of nitrogen functional groups attached to an aromatic ring is 1. The Bertz CT molecular complexity index is 614. The predicted molar refractivity (Wildman–Crippen MR) is 65.1 cm³/mol. The van der Waals surface area contributed by atoms with Crippen LogP contribution in [0, 0.1) is 0 Å². The van der Waals surface area contributed by atoms with E-state index in [-0.39, 0.29) is 0 Å². The van der Waals surface area contributed by atoms with E-state index >= 15 is 0 Å². The van der Waals surface area contributed by atoms with Gasteiger partial charge in [0.15, 0.2) is 10.5 Å². The third-order valence-electron chi connectivity index (χ3n) is 2.24.